The Morgan fingerprint density at radius 3 is 2.75 bits per heavy atom. The fraction of sp³-hybridized carbons (Fsp3) is 0.200. The van der Waals surface area contributed by atoms with Gasteiger partial charge in [0.1, 0.15) is 5.75 Å². The summed E-state index contributed by atoms with van der Waals surface area (Å²) in [5, 5.41) is 9.26. The van der Waals surface area contributed by atoms with Crippen LogP contribution in [-0.2, 0) is 6.42 Å². The molecule has 0 radical (unpaired) electrons. The van der Waals surface area contributed by atoms with E-state index in [4.69, 9.17) is 11.6 Å². The van der Waals surface area contributed by atoms with Crippen LogP contribution in [0.1, 0.15) is 11.1 Å². The summed E-state index contributed by atoms with van der Waals surface area (Å²) >= 11 is 5.58. The Morgan fingerprint density at radius 1 is 1.42 bits per heavy atom. The average Bonchev–Trinajstić information content (AvgIpc) is 2.04. The number of halogens is 1. The number of rotatable bonds is 3. The molecule has 0 unspecified atom stereocenters. The molecule has 64 valence electrons. The first-order chi connectivity index (χ1) is 5.76. The summed E-state index contributed by atoms with van der Waals surface area (Å²) < 4.78 is 0. The molecule has 12 heavy (non-hydrogen) atoms. The van der Waals surface area contributed by atoms with Crippen molar-refractivity contribution in [1.82, 2.24) is 0 Å². The van der Waals surface area contributed by atoms with Gasteiger partial charge in [-0.3, -0.25) is 0 Å². The summed E-state index contributed by atoms with van der Waals surface area (Å²) in [7, 11) is 0. The SMILES string of the molecule is C=Cc1cc(O)cc(CCCl)c1. The molecule has 0 fully saturated rings. The molecule has 0 spiro atoms. The summed E-state index contributed by atoms with van der Waals surface area (Å²) in [6, 6.07) is 5.36. The van der Waals surface area contributed by atoms with Crippen molar-refractivity contribution in [1.29, 1.82) is 0 Å². The summed E-state index contributed by atoms with van der Waals surface area (Å²) in [5.41, 5.74) is 1.97. The van der Waals surface area contributed by atoms with Gasteiger partial charge in [-0.1, -0.05) is 18.7 Å². The molecule has 1 rings (SSSR count). The van der Waals surface area contributed by atoms with Gasteiger partial charge < -0.3 is 5.11 Å². The molecular formula is C10H11ClO. The van der Waals surface area contributed by atoms with E-state index in [2.05, 4.69) is 6.58 Å². The molecule has 0 bridgehead atoms. The largest absolute Gasteiger partial charge is 0.508 e. The molecule has 1 aromatic rings. The Kier molecular flexibility index (Phi) is 3.18. The standard InChI is InChI=1S/C10H11ClO/c1-2-8-5-9(3-4-11)7-10(12)6-8/h2,5-7,12H,1,3-4H2. The second kappa shape index (κ2) is 4.17. The minimum absolute atomic E-state index is 0.271. The van der Waals surface area contributed by atoms with Crippen LogP contribution in [0.5, 0.6) is 5.75 Å². The molecule has 1 nitrogen and oxygen atoms in total. The maximum Gasteiger partial charge on any atom is 0.116 e. The lowest BCUT2D eigenvalue weighted by molar-refractivity contribution is 0.474. The minimum Gasteiger partial charge on any atom is -0.508 e. The molecule has 0 atom stereocenters. The number of aromatic hydroxyl groups is 1. The number of aryl methyl sites for hydroxylation is 1. The lowest BCUT2D eigenvalue weighted by atomic mass is 10.1. The smallest absolute Gasteiger partial charge is 0.116 e. The van der Waals surface area contributed by atoms with Gasteiger partial charge in [0.25, 0.3) is 0 Å². The highest BCUT2D eigenvalue weighted by Crippen LogP contribution is 2.17. The maximum absolute atomic E-state index is 9.26. The quantitative estimate of drug-likeness (QED) is 0.713. The predicted octanol–water partition coefficient (Wildman–Crippen LogP) is 2.82. The van der Waals surface area contributed by atoms with Crippen molar-refractivity contribution in [2.45, 2.75) is 6.42 Å². The minimum atomic E-state index is 0.271. The Balaban J connectivity index is 2.97. The van der Waals surface area contributed by atoms with Gasteiger partial charge in [-0.05, 0) is 29.7 Å². The topological polar surface area (TPSA) is 20.2 Å². The molecule has 0 heterocycles. The van der Waals surface area contributed by atoms with E-state index >= 15 is 0 Å². The van der Waals surface area contributed by atoms with E-state index in [1.807, 2.05) is 6.07 Å². The number of phenolic OH excluding ortho intramolecular Hbond substituents is 1. The first-order valence-electron chi connectivity index (χ1n) is 3.77. The van der Waals surface area contributed by atoms with E-state index < -0.39 is 0 Å². The second-order valence-corrected chi connectivity index (χ2v) is 2.95. The molecule has 0 saturated carbocycles. The summed E-state index contributed by atoms with van der Waals surface area (Å²) in [4.78, 5) is 0. The molecule has 0 aromatic heterocycles. The predicted molar refractivity (Wildman–Crippen MR) is 52.6 cm³/mol. The Bertz CT molecular complexity index is 281. The van der Waals surface area contributed by atoms with Gasteiger partial charge in [-0.2, -0.15) is 0 Å². The lowest BCUT2D eigenvalue weighted by Gasteiger charge is -2.01. The van der Waals surface area contributed by atoms with Crippen molar-refractivity contribution in [2.75, 3.05) is 5.88 Å². The number of hydrogen-bond acceptors (Lipinski definition) is 1. The third kappa shape index (κ3) is 2.28. The zero-order valence-corrected chi connectivity index (χ0v) is 7.51. The lowest BCUT2D eigenvalue weighted by Crippen LogP contribution is -1.86. The molecule has 1 aromatic carbocycles. The first-order valence-corrected chi connectivity index (χ1v) is 4.31. The van der Waals surface area contributed by atoms with Crippen molar-refractivity contribution in [3.63, 3.8) is 0 Å². The van der Waals surface area contributed by atoms with Crippen molar-refractivity contribution >= 4 is 17.7 Å². The van der Waals surface area contributed by atoms with Gasteiger partial charge in [0.05, 0.1) is 0 Å². The van der Waals surface area contributed by atoms with Crippen molar-refractivity contribution in [3.05, 3.63) is 35.9 Å². The van der Waals surface area contributed by atoms with Crippen LogP contribution >= 0.6 is 11.6 Å². The number of hydrogen-bond donors (Lipinski definition) is 1. The van der Waals surface area contributed by atoms with Crippen LogP contribution in [0.4, 0.5) is 0 Å². The molecule has 0 aliphatic rings. The fourth-order valence-corrected chi connectivity index (χ4v) is 1.29. The van der Waals surface area contributed by atoms with Gasteiger partial charge in [-0.25, -0.2) is 0 Å². The monoisotopic (exact) mass is 182 g/mol. The first kappa shape index (κ1) is 9.14. The Hall–Kier alpha value is -0.950. The van der Waals surface area contributed by atoms with Crippen molar-refractivity contribution < 1.29 is 5.11 Å². The molecule has 0 amide bonds. The Labute approximate surface area is 77.3 Å². The van der Waals surface area contributed by atoms with Gasteiger partial charge in [-0.15, -0.1) is 11.6 Å². The van der Waals surface area contributed by atoms with Crippen LogP contribution in [0, 0.1) is 0 Å². The van der Waals surface area contributed by atoms with Crippen molar-refractivity contribution in [2.24, 2.45) is 0 Å². The van der Waals surface area contributed by atoms with Crippen LogP contribution < -0.4 is 0 Å². The zero-order chi connectivity index (χ0) is 8.97. The highest BCUT2D eigenvalue weighted by atomic mass is 35.5. The van der Waals surface area contributed by atoms with E-state index in [1.165, 1.54) is 0 Å². The third-order valence-electron chi connectivity index (χ3n) is 1.62. The zero-order valence-electron chi connectivity index (χ0n) is 6.76. The maximum atomic E-state index is 9.26. The van der Waals surface area contributed by atoms with Crippen LogP contribution in [0.15, 0.2) is 24.8 Å². The summed E-state index contributed by atoms with van der Waals surface area (Å²) in [5.74, 6) is 0.840. The molecule has 1 N–H and O–H groups in total. The highest BCUT2D eigenvalue weighted by molar-refractivity contribution is 6.17. The number of alkyl halides is 1. The van der Waals surface area contributed by atoms with Gasteiger partial charge >= 0.3 is 0 Å². The molecule has 0 saturated heterocycles. The Morgan fingerprint density at radius 2 is 2.17 bits per heavy atom. The van der Waals surface area contributed by atoms with Crippen molar-refractivity contribution in [3.8, 4) is 5.75 Å². The molecular weight excluding hydrogens is 172 g/mol. The average molecular weight is 183 g/mol. The van der Waals surface area contributed by atoms with E-state index in [1.54, 1.807) is 18.2 Å². The van der Waals surface area contributed by atoms with Gasteiger partial charge in [0, 0.05) is 5.88 Å². The molecule has 0 aliphatic heterocycles. The van der Waals surface area contributed by atoms with Crippen LogP contribution in [0.2, 0.25) is 0 Å². The van der Waals surface area contributed by atoms with Gasteiger partial charge in [0.2, 0.25) is 0 Å². The summed E-state index contributed by atoms with van der Waals surface area (Å²) in [6.45, 7) is 3.63. The van der Waals surface area contributed by atoms with Crippen LogP contribution in [0.25, 0.3) is 6.08 Å². The summed E-state index contributed by atoms with van der Waals surface area (Å²) in [6.07, 6.45) is 2.48. The third-order valence-corrected chi connectivity index (χ3v) is 1.81. The van der Waals surface area contributed by atoms with Crippen LogP contribution in [-0.4, -0.2) is 11.0 Å². The number of phenols is 1. The van der Waals surface area contributed by atoms with E-state index in [-0.39, 0.29) is 5.75 Å². The van der Waals surface area contributed by atoms with Gasteiger partial charge in [0.15, 0.2) is 0 Å². The van der Waals surface area contributed by atoms with E-state index in [0.29, 0.717) is 5.88 Å². The molecule has 0 aliphatic carbocycles. The molecule has 2 heteroatoms. The second-order valence-electron chi connectivity index (χ2n) is 2.58. The highest BCUT2D eigenvalue weighted by Gasteiger charge is 1.96. The number of benzene rings is 1. The van der Waals surface area contributed by atoms with E-state index in [9.17, 15) is 5.11 Å². The fourth-order valence-electron chi connectivity index (χ4n) is 1.07. The normalized spacial score (nSPS) is 9.75. The van der Waals surface area contributed by atoms with Crippen LogP contribution in [0.3, 0.4) is 0 Å². The van der Waals surface area contributed by atoms with E-state index in [0.717, 1.165) is 17.5 Å².